The first-order valence-electron chi connectivity index (χ1n) is 6.15. The molecule has 0 saturated carbocycles. The maximum Gasteiger partial charge on any atom is 0.160 e. The van der Waals surface area contributed by atoms with E-state index in [0.29, 0.717) is 11.3 Å². The summed E-state index contributed by atoms with van der Waals surface area (Å²) in [6.45, 7) is 5.16. The molecule has 0 atom stereocenters. The van der Waals surface area contributed by atoms with E-state index in [2.05, 4.69) is 4.90 Å². The predicted octanol–water partition coefficient (Wildman–Crippen LogP) is 3.33. The third-order valence-electron chi connectivity index (χ3n) is 3.37. The third kappa shape index (κ3) is 2.48. The van der Waals surface area contributed by atoms with Gasteiger partial charge in [-0.05, 0) is 50.8 Å². The number of hydrogen-bond donors (Lipinski definition) is 0. The quantitative estimate of drug-likeness (QED) is 0.733. The van der Waals surface area contributed by atoms with Gasteiger partial charge in [0, 0.05) is 18.7 Å². The molecule has 2 nitrogen and oxygen atoms in total. The van der Waals surface area contributed by atoms with Crippen molar-refractivity contribution in [2.24, 2.45) is 0 Å². The average molecular weight is 235 g/mol. The summed E-state index contributed by atoms with van der Waals surface area (Å²) >= 11 is 0. The number of nitrogens with zero attached hydrogens (tertiary/aromatic N) is 1. The monoisotopic (exact) mass is 235 g/mol. The van der Waals surface area contributed by atoms with Gasteiger partial charge in [-0.3, -0.25) is 4.79 Å². The lowest BCUT2D eigenvalue weighted by Gasteiger charge is -2.29. The zero-order chi connectivity index (χ0) is 12.4. The van der Waals surface area contributed by atoms with E-state index in [9.17, 15) is 9.18 Å². The second-order valence-electron chi connectivity index (χ2n) is 4.72. The van der Waals surface area contributed by atoms with Gasteiger partial charge < -0.3 is 4.90 Å². The van der Waals surface area contributed by atoms with Crippen LogP contribution in [0.2, 0.25) is 0 Å². The SMILES string of the molecule is CC(=O)c1cc(F)c(N2CCCCC2)cc1C. The van der Waals surface area contributed by atoms with Gasteiger partial charge in [0.2, 0.25) is 0 Å². The average Bonchev–Trinajstić information content (AvgIpc) is 2.32. The molecule has 2 rings (SSSR count). The van der Waals surface area contributed by atoms with Gasteiger partial charge in [-0.2, -0.15) is 0 Å². The van der Waals surface area contributed by atoms with E-state index in [1.807, 2.05) is 6.92 Å². The molecule has 0 aromatic heterocycles. The summed E-state index contributed by atoms with van der Waals surface area (Å²) in [5, 5.41) is 0. The fourth-order valence-corrected chi connectivity index (χ4v) is 2.42. The second kappa shape index (κ2) is 4.86. The number of halogens is 1. The maximum absolute atomic E-state index is 14.0. The van der Waals surface area contributed by atoms with Crippen molar-refractivity contribution in [3.63, 3.8) is 0 Å². The molecular formula is C14H18FNO. The first-order valence-corrected chi connectivity index (χ1v) is 6.15. The van der Waals surface area contributed by atoms with Gasteiger partial charge in [0.15, 0.2) is 5.78 Å². The van der Waals surface area contributed by atoms with E-state index in [1.165, 1.54) is 19.4 Å². The first-order chi connectivity index (χ1) is 8.09. The zero-order valence-corrected chi connectivity index (χ0v) is 10.4. The summed E-state index contributed by atoms with van der Waals surface area (Å²) in [5.74, 6) is -0.353. The van der Waals surface area contributed by atoms with Crippen LogP contribution in [0.1, 0.15) is 42.1 Å². The highest BCUT2D eigenvalue weighted by atomic mass is 19.1. The molecule has 1 aromatic carbocycles. The highest BCUT2D eigenvalue weighted by Gasteiger charge is 2.17. The van der Waals surface area contributed by atoms with Crippen molar-refractivity contribution in [1.29, 1.82) is 0 Å². The number of carbonyl (C=O) groups is 1. The van der Waals surface area contributed by atoms with Crippen molar-refractivity contribution in [3.8, 4) is 0 Å². The molecule has 17 heavy (non-hydrogen) atoms. The fourth-order valence-electron chi connectivity index (χ4n) is 2.42. The van der Waals surface area contributed by atoms with Crippen LogP contribution in [-0.4, -0.2) is 18.9 Å². The molecule has 1 saturated heterocycles. The Kier molecular flexibility index (Phi) is 3.46. The lowest BCUT2D eigenvalue weighted by molar-refractivity contribution is 0.101. The fraction of sp³-hybridized carbons (Fsp3) is 0.500. The molecule has 92 valence electrons. The van der Waals surface area contributed by atoms with Crippen LogP contribution in [-0.2, 0) is 0 Å². The van der Waals surface area contributed by atoms with E-state index < -0.39 is 0 Å². The zero-order valence-electron chi connectivity index (χ0n) is 10.4. The molecule has 1 aliphatic rings. The van der Waals surface area contributed by atoms with Crippen LogP contribution in [0.4, 0.5) is 10.1 Å². The number of piperidine rings is 1. The molecular weight excluding hydrogens is 217 g/mol. The van der Waals surface area contributed by atoms with Gasteiger partial charge >= 0.3 is 0 Å². The normalized spacial score (nSPS) is 16.1. The molecule has 0 spiro atoms. The predicted molar refractivity (Wildman–Crippen MR) is 67.2 cm³/mol. The number of hydrogen-bond acceptors (Lipinski definition) is 2. The van der Waals surface area contributed by atoms with Crippen LogP contribution < -0.4 is 4.90 Å². The van der Waals surface area contributed by atoms with E-state index >= 15 is 0 Å². The van der Waals surface area contributed by atoms with Crippen molar-refractivity contribution >= 4 is 11.5 Å². The van der Waals surface area contributed by atoms with Crippen molar-refractivity contribution in [2.75, 3.05) is 18.0 Å². The summed E-state index contributed by atoms with van der Waals surface area (Å²) in [7, 11) is 0. The molecule has 0 aliphatic carbocycles. The minimum absolute atomic E-state index is 0.0772. The summed E-state index contributed by atoms with van der Waals surface area (Å²) in [4.78, 5) is 13.4. The maximum atomic E-state index is 14.0. The van der Waals surface area contributed by atoms with Crippen molar-refractivity contribution in [1.82, 2.24) is 0 Å². The Labute approximate surface area is 101 Å². The topological polar surface area (TPSA) is 20.3 Å². The third-order valence-corrected chi connectivity index (χ3v) is 3.37. The molecule has 0 amide bonds. The molecule has 1 fully saturated rings. The molecule has 0 unspecified atom stereocenters. The molecule has 0 radical (unpaired) electrons. The molecule has 1 heterocycles. The summed E-state index contributed by atoms with van der Waals surface area (Å²) in [6, 6.07) is 3.18. The molecule has 1 aliphatic heterocycles. The van der Waals surface area contributed by atoms with Gasteiger partial charge in [0.05, 0.1) is 5.69 Å². The van der Waals surface area contributed by atoms with Crippen molar-refractivity contribution in [3.05, 3.63) is 29.1 Å². The Morgan fingerprint density at radius 1 is 1.24 bits per heavy atom. The minimum atomic E-state index is -0.275. The van der Waals surface area contributed by atoms with Crippen LogP contribution in [0.5, 0.6) is 0 Å². The van der Waals surface area contributed by atoms with Gasteiger partial charge in [-0.1, -0.05) is 0 Å². The highest BCUT2D eigenvalue weighted by Crippen LogP contribution is 2.26. The lowest BCUT2D eigenvalue weighted by atomic mass is 10.0. The van der Waals surface area contributed by atoms with E-state index in [4.69, 9.17) is 0 Å². The lowest BCUT2D eigenvalue weighted by Crippen LogP contribution is -2.30. The smallest absolute Gasteiger partial charge is 0.160 e. The number of anilines is 1. The van der Waals surface area contributed by atoms with Crippen LogP contribution >= 0.6 is 0 Å². The Balaban J connectivity index is 2.35. The largest absolute Gasteiger partial charge is 0.369 e. The Morgan fingerprint density at radius 2 is 1.88 bits per heavy atom. The molecule has 0 N–H and O–H groups in total. The standard InChI is InChI=1S/C14H18FNO/c1-10-8-14(16-6-4-3-5-7-16)13(15)9-12(10)11(2)17/h8-9H,3-7H2,1-2H3. The molecule has 1 aromatic rings. The van der Waals surface area contributed by atoms with E-state index in [0.717, 1.165) is 31.5 Å². The Bertz CT molecular complexity index is 436. The summed E-state index contributed by atoms with van der Waals surface area (Å²) in [5.41, 5.74) is 2.00. The highest BCUT2D eigenvalue weighted by molar-refractivity contribution is 5.96. The number of rotatable bonds is 2. The van der Waals surface area contributed by atoms with E-state index in [1.54, 1.807) is 6.07 Å². The van der Waals surface area contributed by atoms with Gasteiger partial charge in [-0.25, -0.2) is 4.39 Å². The number of benzene rings is 1. The van der Waals surface area contributed by atoms with Crippen LogP contribution in [0.3, 0.4) is 0 Å². The summed E-state index contributed by atoms with van der Waals surface area (Å²) in [6.07, 6.45) is 3.46. The summed E-state index contributed by atoms with van der Waals surface area (Å²) < 4.78 is 14.0. The van der Waals surface area contributed by atoms with E-state index in [-0.39, 0.29) is 11.6 Å². The van der Waals surface area contributed by atoms with Gasteiger partial charge in [-0.15, -0.1) is 0 Å². The number of Topliss-reactive ketones (excluding diaryl/α,β-unsaturated/α-hetero) is 1. The minimum Gasteiger partial charge on any atom is -0.369 e. The molecule has 0 bridgehead atoms. The number of aryl methyl sites for hydroxylation is 1. The van der Waals surface area contributed by atoms with Crippen LogP contribution in [0, 0.1) is 12.7 Å². The van der Waals surface area contributed by atoms with Crippen molar-refractivity contribution in [2.45, 2.75) is 33.1 Å². The Morgan fingerprint density at radius 3 is 2.47 bits per heavy atom. The number of ketones is 1. The van der Waals surface area contributed by atoms with Gasteiger partial charge in [0.25, 0.3) is 0 Å². The Hall–Kier alpha value is -1.38. The first kappa shape index (κ1) is 12.1. The van der Waals surface area contributed by atoms with Crippen LogP contribution in [0.25, 0.3) is 0 Å². The number of carbonyl (C=O) groups excluding carboxylic acids is 1. The molecule has 3 heteroatoms. The van der Waals surface area contributed by atoms with Crippen molar-refractivity contribution < 1.29 is 9.18 Å². The van der Waals surface area contributed by atoms with Gasteiger partial charge in [0.1, 0.15) is 5.82 Å². The second-order valence-corrected chi connectivity index (χ2v) is 4.72. The van der Waals surface area contributed by atoms with Crippen LogP contribution in [0.15, 0.2) is 12.1 Å².